The van der Waals surface area contributed by atoms with Gasteiger partial charge in [-0.2, -0.15) is 0 Å². The van der Waals surface area contributed by atoms with Gasteiger partial charge < -0.3 is 4.57 Å². The minimum absolute atomic E-state index is 0.0471. The first-order chi connectivity index (χ1) is 35.6. The van der Waals surface area contributed by atoms with Crippen molar-refractivity contribution in [3.63, 3.8) is 0 Å². The molecule has 2 aromatic heterocycles. The van der Waals surface area contributed by atoms with Crippen molar-refractivity contribution in [2.45, 2.75) is 18.8 Å². The van der Waals surface area contributed by atoms with E-state index in [0.29, 0.717) is 0 Å². The second kappa shape index (κ2) is 16.9. The summed E-state index contributed by atoms with van der Waals surface area (Å²) in [6.07, 6.45) is 4.46. The fraction of sp³-hybridized carbons (Fsp3) is 0.0435. The first-order valence-corrected chi connectivity index (χ1v) is 27.9. The normalized spacial score (nSPS) is 15.4. The molecular weight excluding hydrogens is 903 g/mol. The highest BCUT2D eigenvalue weighted by atomic mass is 32.1. The molecule has 0 saturated heterocycles. The van der Waals surface area contributed by atoms with E-state index >= 15 is 0 Å². The molecule has 0 N–H and O–H groups in total. The lowest BCUT2D eigenvalue weighted by atomic mass is 9.60. The Morgan fingerprint density at radius 2 is 0.972 bits per heavy atom. The van der Waals surface area contributed by atoms with E-state index in [1.165, 1.54) is 124 Å². The molecule has 1 nitrogen and oxygen atoms in total. The maximum Gasteiger partial charge on any atom is 0.179 e. The van der Waals surface area contributed by atoms with Crippen LogP contribution in [0.5, 0.6) is 0 Å². The van der Waals surface area contributed by atoms with Crippen LogP contribution in [0.4, 0.5) is 0 Å². The van der Waals surface area contributed by atoms with Gasteiger partial charge >= 0.3 is 0 Å². The van der Waals surface area contributed by atoms with Gasteiger partial charge in [-0.1, -0.05) is 224 Å². The number of aromatic nitrogens is 1. The SMILES string of the molecule is C=C/C=C(\C1=C(C)C2c3ccccc3C1c1c2cccc1-n1c2ccccc2c2cc(-c3ccc4sc5ccccc5c4c3)ccc21)[Si](c1ccccc1)(c1ccccc1)c1ccc(-c2ccccc2)cc1. The van der Waals surface area contributed by atoms with Gasteiger partial charge in [0.1, 0.15) is 0 Å². The Balaban J connectivity index is 1.01. The summed E-state index contributed by atoms with van der Waals surface area (Å²) in [6, 6.07) is 91.5. The number of allylic oxidation sites excluding steroid dienone is 5. The van der Waals surface area contributed by atoms with Gasteiger partial charge in [-0.25, -0.2) is 0 Å². The Bertz CT molecular complexity index is 4140. The van der Waals surface area contributed by atoms with Gasteiger partial charge in [0.05, 0.1) is 16.7 Å². The minimum Gasteiger partial charge on any atom is -0.309 e. The van der Waals surface area contributed by atoms with E-state index < -0.39 is 8.07 Å². The molecule has 3 aliphatic carbocycles. The third-order valence-corrected chi connectivity index (χ3v) is 21.9. The Labute approximate surface area is 425 Å². The van der Waals surface area contributed by atoms with E-state index in [0.717, 1.165) is 0 Å². The van der Waals surface area contributed by atoms with Crippen molar-refractivity contribution in [3.05, 3.63) is 300 Å². The fourth-order valence-electron chi connectivity index (χ4n) is 12.9. The first kappa shape index (κ1) is 42.5. The summed E-state index contributed by atoms with van der Waals surface area (Å²) in [7, 11) is -3.12. The summed E-state index contributed by atoms with van der Waals surface area (Å²) < 4.78 is 5.24. The number of fused-ring (bicyclic) bond motifs is 6. The maximum absolute atomic E-state index is 4.52. The molecule has 2 atom stereocenters. The lowest BCUT2D eigenvalue weighted by Crippen LogP contribution is -2.69. The molecule has 12 aromatic rings. The molecular formula is C69H49NSSi. The third-order valence-electron chi connectivity index (χ3n) is 15.9. The third kappa shape index (κ3) is 6.31. The average molecular weight is 952 g/mol. The van der Waals surface area contributed by atoms with Crippen LogP contribution in [0.15, 0.2) is 278 Å². The minimum atomic E-state index is -3.12. The molecule has 0 fully saturated rings. The molecule has 0 amide bonds. The quantitative estimate of drug-likeness (QED) is 0.0772. The maximum atomic E-state index is 4.52. The van der Waals surface area contributed by atoms with Crippen LogP contribution >= 0.6 is 11.3 Å². The fourth-order valence-corrected chi connectivity index (χ4v) is 19.1. The van der Waals surface area contributed by atoms with Crippen LogP contribution in [0.1, 0.15) is 41.0 Å². The predicted octanol–water partition coefficient (Wildman–Crippen LogP) is 16.2. The number of nitrogens with zero attached hydrogens (tertiary/aromatic N) is 1. The van der Waals surface area contributed by atoms with Crippen molar-refractivity contribution in [1.82, 2.24) is 4.57 Å². The van der Waals surface area contributed by atoms with Crippen LogP contribution in [0, 0.1) is 0 Å². The second-order valence-corrected chi connectivity index (χ2v) is 24.4. The standard InChI is InChI=1S/C69H49NSSi/c1-3-20-65(72(50-23-9-5-10-24-50,51-25-11-6-12-26-51)52-39-35-47(36-40-52)46-21-7-4-8-22-46)67-45(2)66-55-29-13-14-30-56(55)69(67)68-57(66)31-19-33-62(68)70-60-32-17-15-27-53(60)58-43-48(37-41-61(58)70)49-38-42-64-59(44-49)54-28-16-18-34-63(54)71-64/h3-44,66,69H,1H2,2H3/b65-20+. The largest absolute Gasteiger partial charge is 0.309 e. The molecule has 3 aliphatic rings. The lowest BCUT2D eigenvalue weighted by molar-refractivity contribution is 0.734. The van der Waals surface area contributed by atoms with E-state index in [1.807, 2.05) is 11.3 Å². The van der Waals surface area contributed by atoms with Crippen LogP contribution in [-0.4, -0.2) is 12.6 Å². The van der Waals surface area contributed by atoms with E-state index in [9.17, 15) is 0 Å². The zero-order valence-electron chi connectivity index (χ0n) is 40.0. The van der Waals surface area contributed by atoms with E-state index in [1.54, 1.807) is 0 Å². The van der Waals surface area contributed by atoms with Crippen molar-refractivity contribution in [2.24, 2.45) is 0 Å². The number of para-hydroxylation sites is 1. The van der Waals surface area contributed by atoms with Gasteiger partial charge in [-0.3, -0.25) is 0 Å². The number of hydrogen-bond acceptors (Lipinski definition) is 1. The molecule has 10 aromatic carbocycles. The molecule has 0 saturated carbocycles. The highest BCUT2D eigenvalue weighted by Crippen LogP contribution is 2.59. The Hall–Kier alpha value is -8.34. The number of thiophene rings is 1. The first-order valence-electron chi connectivity index (χ1n) is 25.1. The Morgan fingerprint density at radius 3 is 1.69 bits per heavy atom. The summed E-state index contributed by atoms with van der Waals surface area (Å²) in [5, 5.41) is 10.6. The van der Waals surface area contributed by atoms with Gasteiger partial charge in [0, 0.05) is 42.8 Å². The summed E-state index contributed by atoms with van der Waals surface area (Å²) >= 11 is 1.87. The van der Waals surface area contributed by atoms with Crippen LogP contribution in [0.25, 0.3) is 69.9 Å². The van der Waals surface area contributed by atoms with Crippen LogP contribution in [-0.2, 0) is 0 Å². The topological polar surface area (TPSA) is 4.93 Å². The summed E-state index contributed by atoms with van der Waals surface area (Å²) in [4.78, 5) is 0. The van der Waals surface area contributed by atoms with Crippen molar-refractivity contribution in [3.8, 4) is 27.9 Å². The Kier molecular flexibility index (Phi) is 9.99. The lowest BCUT2D eigenvalue weighted by Gasteiger charge is -2.48. The molecule has 0 aliphatic heterocycles. The molecule has 0 radical (unpaired) electrons. The average Bonchev–Trinajstić information content (AvgIpc) is 3.99. The monoisotopic (exact) mass is 951 g/mol. The van der Waals surface area contributed by atoms with E-state index in [-0.39, 0.29) is 11.8 Å². The molecule has 15 rings (SSSR count). The van der Waals surface area contributed by atoms with Gasteiger partial charge in [0.25, 0.3) is 0 Å². The molecule has 2 heterocycles. The van der Waals surface area contributed by atoms with Gasteiger partial charge in [-0.15, -0.1) is 11.3 Å². The van der Waals surface area contributed by atoms with Crippen molar-refractivity contribution >= 4 is 76.9 Å². The van der Waals surface area contributed by atoms with E-state index in [2.05, 4.69) is 273 Å². The summed E-state index contributed by atoms with van der Waals surface area (Å²) in [6.45, 7) is 6.95. The molecule has 340 valence electrons. The molecule has 2 bridgehead atoms. The van der Waals surface area contributed by atoms with E-state index in [4.69, 9.17) is 0 Å². The molecule has 2 unspecified atom stereocenters. The van der Waals surface area contributed by atoms with Gasteiger partial charge in [0.15, 0.2) is 8.07 Å². The number of hydrogen-bond donors (Lipinski definition) is 0. The van der Waals surface area contributed by atoms with Crippen LogP contribution in [0.2, 0.25) is 0 Å². The predicted molar refractivity (Wildman–Crippen MR) is 310 cm³/mol. The van der Waals surface area contributed by atoms with Crippen molar-refractivity contribution < 1.29 is 0 Å². The molecule has 72 heavy (non-hydrogen) atoms. The Morgan fingerprint density at radius 1 is 0.444 bits per heavy atom. The van der Waals surface area contributed by atoms with Gasteiger partial charge in [0.2, 0.25) is 0 Å². The van der Waals surface area contributed by atoms with Crippen LogP contribution < -0.4 is 15.6 Å². The smallest absolute Gasteiger partial charge is 0.179 e. The summed E-state index contributed by atoms with van der Waals surface area (Å²) in [5.74, 6) is 0.0278. The molecule has 0 spiro atoms. The zero-order valence-corrected chi connectivity index (χ0v) is 41.8. The number of benzene rings is 10. The summed E-state index contributed by atoms with van der Waals surface area (Å²) in [5.41, 5.74) is 17.0. The van der Waals surface area contributed by atoms with Crippen molar-refractivity contribution in [2.75, 3.05) is 0 Å². The second-order valence-electron chi connectivity index (χ2n) is 19.5. The number of rotatable bonds is 9. The zero-order chi connectivity index (χ0) is 47.9. The highest BCUT2D eigenvalue weighted by Gasteiger charge is 2.51. The van der Waals surface area contributed by atoms with Crippen molar-refractivity contribution in [1.29, 1.82) is 0 Å². The molecule has 3 heteroatoms. The van der Waals surface area contributed by atoms with Gasteiger partial charge in [-0.05, 0) is 120 Å². The van der Waals surface area contributed by atoms with Crippen LogP contribution in [0.3, 0.4) is 0 Å². The highest BCUT2D eigenvalue weighted by molar-refractivity contribution is 7.25.